The molecule has 2 nitrogen and oxygen atoms in total. The standard InChI is InChI=1S/C22H26Cl2N2/c1-2-3-6-15-8-11-21-19(13-15)17(7-4-5-12-25)22(26-21)18-10-9-16(23)14-20(18)24/h8-11,13-14,26H,2-7,12,25H2,1H3. The Morgan fingerprint density at radius 3 is 2.54 bits per heavy atom. The number of hydrogen-bond donors (Lipinski definition) is 2. The van der Waals surface area contributed by atoms with E-state index in [0.29, 0.717) is 10.0 Å². The van der Waals surface area contributed by atoms with Crippen LogP contribution in [0.4, 0.5) is 0 Å². The Labute approximate surface area is 165 Å². The molecular weight excluding hydrogens is 363 g/mol. The fraction of sp³-hybridized carbons (Fsp3) is 0.364. The van der Waals surface area contributed by atoms with Gasteiger partial charge in [-0.15, -0.1) is 0 Å². The third-order valence-corrected chi connectivity index (χ3v) is 5.42. The van der Waals surface area contributed by atoms with Crippen LogP contribution < -0.4 is 5.73 Å². The molecule has 3 aromatic rings. The molecule has 0 saturated heterocycles. The van der Waals surface area contributed by atoms with Crippen LogP contribution in [0.25, 0.3) is 22.2 Å². The van der Waals surface area contributed by atoms with E-state index in [4.69, 9.17) is 28.9 Å². The van der Waals surface area contributed by atoms with E-state index in [1.54, 1.807) is 6.07 Å². The number of fused-ring (bicyclic) bond motifs is 1. The van der Waals surface area contributed by atoms with Gasteiger partial charge in [0.1, 0.15) is 0 Å². The third-order valence-electron chi connectivity index (χ3n) is 4.87. The summed E-state index contributed by atoms with van der Waals surface area (Å²) in [6.45, 7) is 2.95. The first-order valence-corrected chi connectivity index (χ1v) is 10.2. The van der Waals surface area contributed by atoms with Gasteiger partial charge in [-0.1, -0.05) is 42.6 Å². The van der Waals surface area contributed by atoms with Gasteiger partial charge in [-0.05, 0) is 80.1 Å². The van der Waals surface area contributed by atoms with Gasteiger partial charge in [-0.3, -0.25) is 0 Å². The van der Waals surface area contributed by atoms with Crippen molar-refractivity contribution in [2.24, 2.45) is 5.73 Å². The molecule has 26 heavy (non-hydrogen) atoms. The minimum absolute atomic E-state index is 0.654. The predicted octanol–water partition coefficient (Wildman–Crippen LogP) is 6.77. The molecule has 1 heterocycles. The molecule has 0 unspecified atom stereocenters. The number of nitrogens with one attached hydrogen (secondary N) is 1. The summed E-state index contributed by atoms with van der Waals surface area (Å²) in [5.74, 6) is 0. The van der Waals surface area contributed by atoms with Crippen molar-refractivity contribution in [1.29, 1.82) is 0 Å². The first-order chi connectivity index (χ1) is 12.6. The van der Waals surface area contributed by atoms with Gasteiger partial charge >= 0.3 is 0 Å². The van der Waals surface area contributed by atoms with Crippen molar-refractivity contribution in [3.63, 3.8) is 0 Å². The summed E-state index contributed by atoms with van der Waals surface area (Å²) in [5.41, 5.74) is 11.7. The topological polar surface area (TPSA) is 41.8 Å². The largest absolute Gasteiger partial charge is 0.354 e. The number of unbranched alkanes of at least 4 members (excludes halogenated alkanes) is 2. The lowest BCUT2D eigenvalue weighted by Crippen LogP contribution is -1.99. The maximum atomic E-state index is 6.50. The molecule has 0 spiro atoms. The number of H-pyrrole nitrogens is 1. The summed E-state index contributed by atoms with van der Waals surface area (Å²) >= 11 is 12.6. The van der Waals surface area contributed by atoms with Gasteiger partial charge in [0.2, 0.25) is 0 Å². The van der Waals surface area contributed by atoms with Crippen LogP contribution in [-0.4, -0.2) is 11.5 Å². The Kier molecular flexibility index (Phi) is 6.63. The lowest BCUT2D eigenvalue weighted by Gasteiger charge is -2.08. The van der Waals surface area contributed by atoms with Crippen LogP contribution in [0.2, 0.25) is 10.0 Å². The van der Waals surface area contributed by atoms with E-state index in [-0.39, 0.29) is 0 Å². The second-order valence-corrected chi connectivity index (χ2v) is 7.68. The molecule has 3 N–H and O–H groups in total. The zero-order valence-corrected chi connectivity index (χ0v) is 16.8. The summed E-state index contributed by atoms with van der Waals surface area (Å²) < 4.78 is 0. The highest BCUT2D eigenvalue weighted by atomic mass is 35.5. The van der Waals surface area contributed by atoms with Gasteiger partial charge in [0, 0.05) is 21.5 Å². The molecular formula is C22H26Cl2N2. The van der Waals surface area contributed by atoms with Crippen LogP contribution in [0.1, 0.15) is 43.7 Å². The quantitative estimate of drug-likeness (QED) is 0.410. The molecule has 0 aliphatic carbocycles. The van der Waals surface area contributed by atoms with E-state index in [2.05, 4.69) is 30.1 Å². The number of halogens is 2. The van der Waals surface area contributed by atoms with E-state index in [9.17, 15) is 0 Å². The van der Waals surface area contributed by atoms with Gasteiger partial charge in [0.15, 0.2) is 0 Å². The number of aromatic amines is 1. The van der Waals surface area contributed by atoms with E-state index in [0.717, 1.165) is 49.0 Å². The summed E-state index contributed by atoms with van der Waals surface area (Å²) in [6.07, 6.45) is 6.63. The van der Waals surface area contributed by atoms with Gasteiger partial charge in [0.05, 0.1) is 10.7 Å². The molecule has 0 aliphatic heterocycles. The van der Waals surface area contributed by atoms with Gasteiger partial charge < -0.3 is 10.7 Å². The van der Waals surface area contributed by atoms with Crippen LogP contribution in [0, 0.1) is 0 Å². The minimum Gasteiger partial charge on any atom is -0.354 e. The average Bonchev–Trinajstić information content (AvgIpc) is 2.98. The van der Waals surface area contributed by atoms with E-state index < -0.39 is 0 Å². The maximum Gasteiger partial charge on any atom is 0.0514 e. The molecule has 0 amide bonds. The van der Waals surface area contributed by atoms with Crippen LogP contribution in [0.3, 0.4) is 0 Å². The molecule has 0 fully saturated rings. The summed E-state index contributed by atoms with van der Waals surface area (Å²) in [4.78, 5) is 3.59. The molecule has 2 aromatic carbocycles. The van der Waals surface area contributed by atoms with Crippen molar-refractivity contribution in [2.75, 3.05) is 6.54 Å². The fourth-order valence-corrected chi connectivity index (χ4v) is 3.96. The molecule has 0 radical (unpaired) electrons. The van der Waals surface area contributed by atoms with Crippen LogP contribution in [0.15, 0.2) is 36.4 Å². The highest BCUT2D eigenvalue weighted by Gasteiger charge is 2.16. The summed E-state index contributed by atoms with van der Waals surface area (Å²) in [6, 6.07) is 12.5. The lowest BCUT2D eigenvalue weighted by atomic mass is 9.98. The molecule has 3 rings (SSSR count). The first-order valence-electron chi connectivity index (χ1n) is 9.43. The predicted molar refractivity (Wildman–Crippen MR) is 114 cm³/mol. The normalized spacial score (nSPS) is 11.4. The number of hydrogen-bond acceptors (Lipinski definition) is 1. The average molecular weight is 389 g/mol. The van der Waals surface area contributed by atoms with Crippen molar-refractivity contribution < 1.29 is 0 Å². The molecule has 0 aliphatic rings. The lowest BCUT2D eigenvalue weighted by molar-refractivity contribution is 0.748. The first kappa shape index (κ1) is 19.3. The Hall–Kier alpha value is -1.48. The minimum atomic E-state index is 0.654. The van der Waals surface area contributed by atoms with Crippen molar-refractivity contribution in [2.45, 2.75) is 45.4 Å². The van der Waals surface area contributed by atoms with E-state index in [1.807, 2.05) is 12.1 Å². The summed E-state index contributed by atoms with van der Waals surface area (Å²) in [5, 5.41) is 2.63. The SMILES string of the molecule is CCCCc1ccc2[nH]c(-c3ccc(Cl)cc3Cl)c(CCCCN)c2c1. The Bertz CT molecular complexity index is 883. The highest BCUT2D eigenvalue weighted by Crippen LogP contribution is 2.37. The highest BCUT2D eigenvalue weighted by molar-refractivity contribution is 6.36. The van der Waals surface area contributed by atoms with E-state index in [1.165, 1.54) is 29.4 Å². The molecule has 4 heteroatoms. The Morgan fingerprint density at radius 2 is 1.81 bits per heavy atom. The number of aryl methyl sites for hydroxylation is 2. The monoisotopic (exact) mass is 388 g/mol. The Morgan fingerprint density at radius 1 is 0.962 bits per heavy atom. The van der Waals surface area contributed by atoms with Gasteiger partial charge in [-0.25, -0.2) is 0 Å². The number of rotatable bonds is 8. The molecule has 0 bridgehead atoms. The maximum absolute atomic E-state index is 6.50. The summed E-state index contributed by atoms with van der Waals surface area (Å²) in [7, 11) is 0. The molecule has 0 atom stereocenters. The van der Waals surface area contributed by atoms with Crippen molar-refractivity contribution in [3.8, 4) is 11.3 Å². The molecule has 0 saturated carbocycles. The Balaban J connectivity index is 2.09. The fourth-order valence-electron chi connectivity index (χ4n) is 3.46. The van der Waals surface area contributed by atoms with Crippen molar-refractivity contribution in [3.05, 3.63) is 57.6 Å². The van der Waals surface area contributed by atoms with Gasteiger partial charge in [-0.2, -0.15) is 0 Å². The molecule has 138 valence electrons. The zero-order valence-electron chi connectivity index (χ0n) is 15.2. The van der Waals surface area contributed by atoms with Crippen LogP contribution in [-0.2, 0) is 12.8 Å². The van der Waals surface area contributed by atoms with Crippen LogP contribution >= 0.6 is 23.2 Å². The smallest absolute Gasteiger partial charge is 0.0514 e. The van der Waals surface area contributed by atoms with Crippen molar-refractivity contribution >= 4 is 34.1 Å². The number of benzene rings is 2. The second kappa shape index (κ2) is 8.94. The van der Waals surface area contributed by atoms with Crippen molar-refractivity contribution in [1.82, 2.24) is 4.98 Å². The van der Waals surface area contributed by atoms with Gasteiger partial charge in [0.25, 0.3) is 0 Å². The van der Waals surface area contributed by atoms with Crippen LogP contribution in [0.5, 0.6) is 0 Å². The molecule has 1 aromatic heterocycles. The zero-order chi connectivity index (χ0) is 18.5. The number of aromatic nitrogens is 1. The third kappa shape index (κ3) is 4.25. The number of nitrogens with two attached hydrogens (primary N) is 1. The second-order valence-electron chi connectivity index (χ2n) is 6.83. The van der Waals surface area contributed by atoms with E-state index >= 15 is 0 Å².